The van der Waals surface area contributed by atoms with Crippen LogP contribution in [0.25, 0.3) is 0 Å². The summed E-state index contributed by atoms with van der Waals surface area (Å²) in [4.78, 5) is 24.5. The smallest absolute Gasteiger partial charge is 0.305 e. The fourth-order valence-corrected chi connectivity index (χ4v) is 8.45. The van der Waals surface area contributed by atoms with Crippen LogP contribution in [0.4, 0.5) is 0 Å². The fraction of sp³-hybridized carbons (Fsp3) is 0.893. The molecular weight excluding hydrogens is 767 g/mol. The maximum atomic E-state index is 12.5. The van der Waals surface area contributed by atoms with E-state index in [1.807, 2.05) is 6.08 Å². The number of hydrogen-bond acceptors (Lipinski definition) is 5. The number of rotatable bonds is 51. The molecule has 3 N–H and O–H groups in total. The number of ether oxygens (including phenoxy) is 1. The fourth-order valence-electron chi connectivity index (χ4n) is 8.45. The van der Waals surface area contributed by atoms with E-state index in [4.69, 9.17) is 4.74 Å². The zero-order valence-electron chi connectivity index (χ0n) is 41.6. The van der Waals surface area contributed by atoms with E-state index in [-0.39, 0.29) is 18.5 Å². The summed E-state index contributed by atoms with van der Waals surface area (Å²) in [7, 11) is 0. The first kappa shape index (κ1) is 60.3. The van der Waals surface area contributed by atoms with Gasteiger partial charge in [0.2, 0.25) is 5.91 Å². The molecule has 0 fully saturated rings. The van der Waals surface area contributed by atoms with Crippen molar-refractivity contribution in [2.24, 2.45) is 0 Å². The number of aliphatic hydroxyl groups is 2. The Bertz CT molecular complexity index is 966. The Kier molecular flexibility index (Phi) is 50.6. The van der Waals surface area contributed by atoms with Gasteiger partial charge in [0.25, 0.3) is 0 Å². The number of unbranched alkanes of at least 4 members (excludes halogenated alkanes) is 38. The molecular formula is C56H107NO5. The van der Waals surface area contributed by atoms with Gasteiger partial charge in [-0.3, -0.25) is 9.59 Å². The Hall–Kier alpha value is -1.66. The minimum absolute atomic E-state index is 0.0296. The number of allylic oxidation sites excluding steroid dienone is 3. The molecule has 2 atom stereocenters. The highest BCUT2D eigenvalue weighted by Gasteiger charge is 2.18. The lowest BCUT2D eigenvalue weighted by atomic mass is 10.0. The molecule has 2 unspecified atom stereocenters. The summed E-state index contributed by atoms with van der Waals surface area (Å²) in [5.41, 5.74) is 0. The summed E-state index contributed by atoms with van der Waals surface area (Å²) in [6.07, 6.45) is 61.9. The Morgan fingerprint density at radius 2 is 0.758 bits per heavy atom. The molecule has 0 aliphatic rings. The number of hydrogen-bond donors (Lipinski definition) is 3. The summed E-state index contributed by atoms with van der Waals surface area (Å²) in [5, 5.41) is 23.1. The lowest BCUT2D eigenvalue weighted by Gasteiger charge is -2.20. The molecule has 0 aromatic carbocycles. The molecule has 0 heterocycles. The molecule has 0 rings (SSSR count). The van der Waals surface area contributed by atoms with Crippen molar-refractivity contribution in [2.45, 2.75) is 309 Å². The molecule has 0 aromatic rings. The second-order valence-electron chi connectivity index (χ2n) is 18.9. The standard InChI is InChI=1S/C56H107NO5/c1-3-5-7-9-11-13-15-17-18-19-20-21-22-23-24-25-27-28-32-36-40-44-48-54(59)53(52-58)57-55(60)49-45-41-37-33-30-31-35-39-43-47-51-62-56(61)50-46-42-38-34-29-26-16-14-12-10-8-6-4-2/h14,16,44,48,53-54,58-59H,3-13,15,17-43,45-47,49-52H2,1-2H3,(H,57,60)/b16-14-,48-44+. The van der Waals surface area contributed by atoms with E-state index in [0.29, 0.717) is 19.4 Å². The van der Waals surface area contributed by atoms with Crippen LogP contribution >= 0.6 is 0 Å². The highest BCUT2D eigenvalue weighted by molar-refractivity contribution is 5.76. The topological polar surface area (TPSA) is 95.9 Å². The monoisotopic (exact) mass is 874 g/mol. The van der Waals surface area contributed by atoms with Gasteiger partial charge in [-0.05, 0) is 57.8 Å². The van der Waals surface area contributed by atoms with Gasteiger partial charge in [-0.2, -0.15) is 0 Å². The molecule has 0 bridgehead atoms. The summed E-state index contributed by atoms with van der Waals surface area (Å²) < 4.78 is 5.44. The minimum Gasteiger partial charge on any atom is -0.466 e. The second-order valence-corrected chi connectivity index (χ2v) is 18.9. The number of carbonyl (C=O) groups excluding carboxylic acids is 2. The van der Waals surface area contributed by atoms with Crippen molar-refractivity contribution < 1.29 is 24.5 Å². The number of aliphatic hydroxyl groups excluding tert-OH is 2. The third-order valence-corrected chi connectivity index (χ3v) is 12.7. The van der Waals surface area contributed by atoms with E-state index in [1.165, 1.54) is 212 Å². The zero-order valence-corrected chi connectivity index (χ0v) is 41.6. The Labute approximate surface area is 386 Å². The average molecular weight is 874 g/mol. The van der Waals surface area contributed by atoms with Crippen molar-refractivity contribution in [1.29, 1.82) is 0 Å². The first-order valence-corrected chi connectivity index (χ1v) is 27.6. The highest BCUT2D eigenvalue weighted by atomic mass is 16.5. The molecule has 0 aromatic heterocycles. The van der Waals surface area contributed by atoms with Crippen LogP contribution in [-0.2, 0) is 14.3 Å². The second kappa shape index (κ2) is 52.0. The zero-order chi connectivity index (χ0) is 45.1. The first-order chi connectivity index (χ1) is 30.5. The molecule has 366 valence electrons. The molecule has 1 amide bonds. The van der Waals surface area contributed by atoms with Crippen LogP contribution < -0.4 is 5.32 Å². The predicted octanol–water partition coefficient (Wildman–Crippen LogP) is 16.7. The molecule has 6 heteroatoms. The van der Waals surface area contributed by atoms with Gasteiger partial charge in [-0.25, -0.2) is 0 Å². The summed E-state index contributed by atoms with van der Waals surface area (Å²) in [5.74, 6) is -0.119. The van der Waals surface area contributed by atoms with Crippen LogP contribution in [-0.4, -0.2) is 47.4 Å². The molecule has 62 heavy (non-hydrogen) atoms. The largest absolute Gasteiger partial charge is 0.466 e. The predicted molar refractivity (Wildman–Crippen MR) is 269 cm³/mol. The van der Waals surface area contributed by atoms with Gasteiger partial charge in [0.05, 0.1) is 25.4 Å². The number of nitrogens with one attached hydrogen (secondary N) is 1. The third-order valence-electron chi connectivity index (χ3n) is 12.7. The van der Waals surface area contributed by atoms with Crippen molar-refractivity contribution in [3.8, 4) is 0 Å². The van der Waals surface area contributed by atoms with Crippen molar-refractivity contribution in [3.63, 3.8) is 0 Å². The summed E-state index contributed by atoms with van der Waals surface area (Å²) in [6, 6.07) is -0.645. The van der Waals surface area contributed by atoms with Gasteiger partial charge < -0.3 is 20.3 Å². The van der Waals surface area contributed by atoms with Crippen LogP contribution in [0.15, 0.2) is 24.3 Å². The molecule has 0 saturated carbocycles. The van der Waals surface area contributed by atoms with Gasteiger partial charge in [0.15, 0.2) is 0 Å². The van der Waals surface area contributed by atoms with E-state index in [0.717, 1.165) is 57.8 Å². The van der Waals surface area contributed by atoms with Gasteiger partial charge in [-0.15, -0.1) is 0 Å². The number of amides is 1. The molecule has 0 aliphatic carbocycles. The van der Waals surface area contributed by atoms with E-state index < -0.39 is 12.1 Å². The van der Waals surface area contributed by atoms with Crippen molar-refractivity contribution in [1.82, 2.24) is 5.32 Å². The maximum absolute atomic E-state index is 12.5. The SMILES string of the molecule is CCCCCC/C=C\CCCCCCCC(=O)OCCCCCCCCCCCCC(=O)NC(CO)C(O)/C=C/CCCCCCCCCCCCCCCCCCCCCC. The lowest BCUT2D eigenvalue weighted by molar-refractivity contribution is -0.143. The lowest BCUT2D eigenvalue weighted by Crippen LogP contribution is -2.45. The normalized spacial score (nSPS) is 12.8. The van der Waals surface area contributed by atoms with Gasteiger partial charge >= 0.3 is 5.97 Å². The number of carbonyl (C=O) groups is 2. The van der Waals surface area contributed by atoms with Crippen LogP contribution in [0.1, 0.15) is 296 Å². The highest BCUT2D eigenvalue weighted by Crippen LogP contribution is 2.16. The molecule has 0 spiro atoms. The van der Waals surface area contributed by atoms with Gasteiger partial charge in [-0.1, -0.05) is 250 Å². The van der Waals surface area contributed by atoms with E-state index in [1.54, 1.807) is 6.08 Å². The molecule has 0 aliphatic heterocycles. The van der Waals surface area contributed by atoms with Gasteiger partial charge in [0, 0.05) is 12.8 Å². The Balaban J connectivity index is 3.52. The minimum atomic E-state index is -0.860. The van der Waals surface area contributed by atoms with Crippen LogP contribution in [0, 0.1) is 0 Å². The maximum Gasteiger partial charge on any atom is 0.305 e. The van der Waals surface area contributed by atoms with Crippen molar-refractivity contribution >= 4 is 11.9 Å². The molecule has 6 nitrogen and oxygen atoms in total. The van der Waals surface area contributed by atoms with Crippen molar-refractivity contribution in [3.05, 3.63) is 24.3 Å². The van der Waals surface area contributed by atoms with Crippen LogP contribution in [0.3, 0.4) is 0 Å². The first-order valence-electron chi connectivity index (χ1n) is 27.6. The van der Waals surface area contributed by atoms with Crippen LogP contribution in [0.2, 0.25) is 0 Å². The van der Waals surface area contributed by atoms with Crippen LogP contribution in [0.5, 0.6) is 0 Å². The van der Waals surface area contributed by atoms with E-state index >= 15 is 0 Å². The Morgan fingerprint density at radius 1 is 0.435 bits per heavy atom. The molecule has 0 saturated heterocycles. The van der Waals surface area contributed by atoms with E-state index in [2.05, 4.69) is 31.3 Å². The van der Waals surface area contributed by atoms with Crippen molar-refractivity contribution in [2.75, 3.05) is 13.2 Å². The Morgan fingerprint density at radius 3 is 1.16 bits per heavy atom. The molecule has 0 radical (unpaired) electrons. The average Bonchev–Trinajstić information content (AvgIpc) is 3.27. The van der Waals surface area contributed by atoms with Gasteiger partial charge in [0.1, 0.15) is 0 Å². The summed E-state index contributed by atoms with van der Waals surface area (Å²) >= 11 is 0. The third kappa shape index (κ3) is 47.8. The summed E-state index contributed by atoms with van der Waals surface area (Å²) in [6.45, 7) is 4.84. The van der Waals surface area contributed by atoms with E-state index in [9.17, 15) is 19.8 Å². The quantitative estimate of drug-likeness (QED) is 0.0321. The number of esters is 1.